The number of nitrogens with zero attached hydrogens (tertiary/aromatic N) is 3. The lowest BCUT2D eigenvalue weighted by molar-refractivity contribution is -0.0503. The summed E-state index contributed by atoms with van der Waals surface area (Å²) >= 11 is 6.15. The van der Waals surface area contributed by atoms with E-state index in [4.69, 9.17) is 16.0 Å². The van der Waals surface area contributed by atoms with E-state index in [1.54, 1.807) is 30.3 Å². The highest BCUT2D eigenvalue weighted by Gasteiger charge is 2.23. The van der Waals surface area contributed by atoms with Crippen LogP contribution in [0.5, 0.6) is 5.75 Å². The Balaban J connectivity index is 1.83. The Kier molecular flexibility index (Phi) is 6.77. The van der Waals surface area contributed by atoms with Crippen molar-refractivity contribution in [3.63, 3.8) is 0 Å². The average molecular weight is 422 g/mol. The van der Waals surface area contributed by atoms with Crippen molar-refractivity contribution in [3.8, 4) is 17.2 Å². The largest absolute Gasteiger partial charge is 0.434 e. The van der Waals surface area contributed by atoms with E-state index in [0.717, 1.165) is 0 Å². The zero-order chi connectivity index (χ0) is 20.8. The molecular weight excluding hydrogens is 404 g/mol. The number of halogens is 3. The predicted octanol–water partition coefficient (Wildman–Crippen LogP) is 5.04. The Bertz CT molecular complexity index is 981. The van der Waals surface area contributed by atoms with E-state index < -0.39 is 12.5 Å². The van der Waals surface area contributed by atoms with Crippen molar-refractivity contribution >= 4 is 17.5 Å². The second-order valence-electron chi connectivity index (χ2n) is 6.08. The zero-order valence-electron chi connectivity index (χ0n) is 15.5. The summed E-state index contributed by atoms with van der Waals surface area (Å²) in [5.41, 5.74) is 0.615. The molecule has 1 heterocycles. The van der Waals surface area contributed by atoms with Gasteiger partial charge in [-0.2, -0.15) is 8.78 Å². The molecule has 29 heavy (non-hydrogen) atoms. The average Bonchev–Trinajstić information content (AvgIpc) is 3.16. The molecule has 6 nitrogen and oxygen atoms in total. The third-order valence-electron chi connectivity index (χ3n) is 4.01. The Hall–Kier alpha value is -3.00. The first-order valence-corrected chi connectivity index (χ1v) is 9.27. The molecular formula is C20H18ClF2N3O3. The summed E-state index contributed by atoms with van der Waals surface area (Å²) in [7, 11) is 0. The predicted molar refractivity (Wildman–Crippen MR) is 103 cm³/mol. The summed E-state index contributed by atoms with van der Waals surface area (Å²) in [6.07, 6.45) is 0.648. The summed E-state index contributed by atoms with van der Waals surface area (Å²) < 4.78 is 35.5. The molecule has 9 heteroatoms. The number of amides is 1. The number of hydrogen-bond donors (Lipinski definition) is 0. The molecule has 152 valence electrons. The van der Waals surface area contributed by atoms with Gasteiger partial charge in [0.05, 0.1) is 22.7 Å². The number of carbonyl (C=O) groups excluding carboxylic acids is 1. The lowest BCUT2D eigenvalue weighted by Crippen LogP contribution is -2.32. The van der Waals surface area contributed by atoms with Gasteiger partial charge in [-0.1, -0.05) is 42.8 Å². The molecule has 0 aliphatic carbocycles. The van der Waals surface area contributed by atoms with Gasteiger partial charge in [0, 0.05) is 6.54 Å². The number of carbonyl (C=O) groups is 1. The smallest absolute Gasteiger partial charge is 0.387 e. The molecule has 0 atom stereocenters. The number of ether oxygens (including phenoxy) is 1. The first-order valence-electron chi connectivity index (χ1n) is 8.90. The maximum Gasteiger partial charge on any atom is 0.387 e. The Labute approximate surface area is 171 Å². The van der Waals surface area contributed by atoms with Crippen molar-refractivity contribution in [3.05, 3.63) is 65.0 Å². The molecule has 1 amide bonds. The molecule has 1 aromatic heterocycles. The second kappa shape index (κ2) is 9.47. The van der Waals surface area contributed by atoms with Crippen LogP contribution in [0.2, 0.25) is 5.02 Å². The first-order chi connectivity index (χ1) is 14.0. The van der Waals surface area contributed by atoms with Gasteiger partial charge >= 0.3 is 6.61 Å². The highest BCUT2D eigenvalue weighted by Crippen LogP contribution is 2.27. The summed E-state index contributed by atoms with van der Waals surface area (Å²) in [5, 5.41) is 8.43. The molecule has 0 radical (unpaired) electrons. The molecule has 0 aliphatic heterocycles. The van der Waals surface area contributed by atoms with Crippen LogP contribution >= 0.6 is 11.6 Å². The molecule has 0 bridgehead atoms. The molecule has 0 saturated carbocycles. The van der Waals surface area contributed by atoms with Gasteiger partial charge in [-0.25, -0.2) is 0 Å². The van der Waals surface area contributed by atoms with Gasteiger partial charge in [0.1, 0.15) is 5.75 Å². The topological polar surface area (TPSA) is 68.5 Å². The normalized spacial score (nSPS) is 10.9. The highest BCUT2D eigenvalue weighted by molar-refractivity contribution is 6.33. The standard InChI is InChI=1S/C20H18ClF2N3O3/c1-2-11-26(19(27)14-8-4-6-10-16(14)28-20(22)23)12-17-24-25-18(29-17)13-7-3-5-9-15(13)21/h3-10,20H,2,11-12H2,1H3. The van der Waals surface area contributed by atoms with E-state index in [9.17, 15) is 13.6 Å². The van der Waals surface area contributed by atoms with Crippen LogP contribution in [-0.4, -0.2) is 34.2 Å². The van der Waals surface area contributed by atoms with Crippen molar-refractivity contribution in [1.82, 2.24) is 15.1 Å². The highest BCUT2D eigenvalue weighted by atomic mass is 35.5. The van der Waals surface area contributed by atoms with E-state index in [0.29, 0.717) is 23.6 Å². The summed E-state index contributed by atoms with van der Waals surface area (Å²) in [5.74, 6) is -0.221. The van der Waals surface area contributed by atoms with Gasteiger partial charge in [-0.05, 0) is 30.7 Å². The molecule has 0 spiro atoms. The van der Waals surface area contributed by atoms with Crippen molar-refractivity contribution in [2.75, 3.05) is 6.54 Å². The molecule has 2 aromatic carbocycles. The van der Waals surface area contributed by atoms with E-state index >= 15 is 0 Å². The van der Waals surface area contributed by atoms with Crippen molar-refractivity contribution in [2.24, 2.45) is 0 Å². The van der Waals surface area contributed by atoms with E-state index in [-0.39, 0.29) is 29.6 Å². The minimum atomic E-state index is -3.03. The maximum absolute atomic E-state index is 13.0. The van der Waals surface area contributed by atoms with Gasteiger partial charge in [-0.15, -0.1) is 10.2 Å². The summed E-state index contributed by atoms with van der Waals surface area (Å²) in [4.78, 5) is 14.4. The van der Waals surface area contributed by atoms with Crippen LogP contribution in [0.15, 0.2) is 52.9 Å². The lowest BCUT2D eigenvalue weighted by atomic mass is 10.1. The number of para-hydroxylation sites is 1. The third kappa shape index (κ3) is 5.08. The van der Waals surface area contributed by atoms with Crippen molar-refractivity contribution in [1.29, 1.82) is 0 Å². The number of rotatable bonds is 8. The van der Waals surface area contributed by atoms with Gasteiger partial charge in [-0.3, -0.25) is 4.79 Å². The fraction of sp³-hybridized carbons (Fsp3) is 0.250. The van der Waals surface area contributed by atoms with Crippen LogP contribution in [0.1, 0.15) is 29.6 Å². The van der Waals surface area contributed by atoms with E-state index in [1.165, 1.54) is 23.1 Å². The van der Waals surface area contributed by atoms with Crippen LogP contribution in [0.4, 0.5) is 8.78 Å². The molecule has 3 aromatic rings. The Morgan fingerprint density at radius 2 is 1.90 bits per heavy atom. The molecule has 3 rings (SSSR count). The van der Waals surface area contributed by atoms with E-state index in [2.05, 4.69) is 14.9 Å². The van der Waals surface area contributed by atoms with Gasteiger partial charge in [0.2, 0.25) is 11.8 Å². The van der Waals surface area contributed by atoms with Gasteiger partial charge in [0.15, 0.2) is 0 Å². The third-order valence-corrected chi connectivity index (χ3v) is 4.34. The molecule has 0 saturated heterocycles. The molecule has 0 fully saturated rings. The Morgan fingerprint density at radius 3 is 2.62 bits per heavy atom. The Morgan fingerprint density at radius 1 is 1.17 bits per heavy atom. The fourth-order valence-corrected chi connectivity index (χ4v) is 2.98. The quantitative estimate of drug-likeness (QED) is 0.509. The number of hydrogen-bond acceptors (Lipinski definition) is 5. The van der Waals surface area contributed by atoms with Crippen LogP contribution in [0.25, 0.3) is 11.5 Å². The SMILES string of the molecule is CCCN(Cc1nnc(-c2ccccc2Cl)o1)C(=O)c1ccccc1OC(F)F. The zero-order valence-corrected chi connectivity index (χ0v) is 16.3. The molecule has 0 N–H and O–H groups in total. The maximum atomic E-state index is 13.0. The number of alkyl halides is 2. The van der Waals surface area contributed by atoms with Crippen LogP contribution in [0.3, 0.4) is 0 Å². The monoisotopic (exact) mass is 421 g/mol. The molecule has 0 aliphatic rings. The number of aromatic nitrogens is 2. The van der Waals surface area contributed by atoms with Crippen LogP contribution < -0.4 is 4.74 Å². The van der Waals surface area contributed by atoms with E-state index in [1.807, 2.05) is 6.92 Å². The van der Waals surface area contributed by atoms with Gasteiger partial charge in [0.25, 0.3) is 5.91 Å². The minimum absolute atomic E-state index is 0.0210. The van der Waals surface area contributed by atoms with Gasteiger partial charge < -0.3 is 14.1 Å². The lowest BCUT2D eigenvalue weighted by Gasteiger charge is -2.21. The first kappa shape index (κ1) is 20.7. The summed E-state index contributed by atoms with van der Waals surface area (Å²) in [6.45, 7) is -0.749. The van der Waals surface area contributed by atoms with Crippen molar-refractivity contribution < 1.29 is 22.7 Å². The van der Waals surface area contributed by atoms with Crippen molar-refractivity contribution in [2.45, 2.75) is 26.5 Å². The van der Waals surface area contributed by atoms with Crippen LogP contribution in [0, 0.1) is 0 Å². The van der Waals surface area contributed by atoms with Crippen LogP contribution in [-0.2, 0) is 6.54 Å². The summed E-state index contributed by atoms with van der Waals surface area (Å²) in [6, 6.07) is 12.9. The number of benzene rings is 2. The molecule has 0 unspecified atom stereocenters. The second-order valence-corrected chi connectivity index (χ2v) is 6.49. The fourth-order valence-electron chi connectivity index (χ4n) is 2.76. The minimum Gasteiger partial charge on any atom is -0.434 e.